The highest BCUT2D eigenvalue weighted by atomic mass is 16.2. The van der Waals surface area contributed by atoms with Gasteiger partial charge in [-0.2, -0.15) is 5.01 Å². The number of nitrogens with zero attached hydrogens (tertiary/aromatic N) is 4. The van der Waals surface area contributed by atoms with Gasteiger partial charge in [-0.15, -0.1) is 0 Å². The molecule has 1 aliphatic carbocycles. The molecule has 0 radical (unpaired) electrons. The number of benzene rings is 1. The van der Waals surface area contributed by atoms with Gasteiger partial charge in [0.25, 0.3) is 5.91 Å². The lowest BCUT2D eigenvalue weighted by molar-refractivity contribution is -0.163. The van der Waals surface area contributed by atoms with Gasteiger partial charge in [-0.1, -0.05) is 18.2 Å². The Morgan fingerprint density at radius 3 is 2.48 bits per heavy atom. The van der Waals surface area contributed by atoms with Crippen LogP contribution in [0, 0.1) is 0 Å². The summed E-state index contributed by atoms with van der Waals surface area (Å²) in [5.74, 6) is -0.334. The maximum Gasteiger partial charge on any atom is 0.273 e. The van der Waals surface area contributed by atoms with Crippen molar-refractivity contribution in [2.45, 2.75) is 63.5 Å². The van der Waals surface area contributed by atoms with Crippen LogP contribution in [0.1, 0.15) is 83.2 Å². The first kappa shape index (κ1) is 20.5. The van der Waals surface area contributed by atoms with Gasteiger partial charge in [0, 0.05) is 36.3 Å². The molecule has 33 heavy (non-hydrogen) atoms. The van der Waals surface area contributed by atoms with Gasteiger partial charge in [0.05, 0.1) is 6.54 Å². The summed E-state index contributed by atoms with van der Waals surface area (Å²) in [5, 5.41) is 2.42. The molecule has 3 aliphatic heterocycles. The molecule has 6 rings (SSSR count). The molecule has 0 bridgehead atoms. The number of pyridine rings is 1. The van der Waals surface area contributed by atoms with Crippen molar-refractivity contribution in [3.63, 3.8) is 0 Å². The fourth-order valence-corrected chi connectivity index (χ4v) is 6.07. The molecule has 7 nitrogen and oxygen atoms in total. The van der Waals surface area contributed by atoms with E-state index in [1.807, 2.05) is 18.3 Å². The van der Waals surface area contributed by atoms with E-state index >= 15 is 0 Å². The average Bonchev–Trinajstić information content (AvgIpc) is 3.40. The Kier molecular flexibility index (Phi) is 5.02. The number of hydrazine groups is 1. The Bertz CT molecular complexity index is 1120. The summed E-state index contributed by atoms with van der Waals surface area (Å²) in [5.41, 5.74) is 5.43. The van der Waals surface area contributed by atoms with E-state index in [4.69, 9.17) is 0 Å². The summed E-state index contributed by atoms with van der Waals surface area (Å²) >= 11 is 0. The van der Waals surface area contributed by atoms with Crippen molar-refractivity contribution in [3.8, 4) is 0 Å². The minimum Gasteiger partial charge on any atom is -0.296 e. The van der Waals surface area contributed by atoms with Crippen LogP contribution >= 0.6 is 0 Å². The highest BCUT2D eigenvalue weighted by molar-refractivity contribution is 6.04. The average molecular weight is 445 g/mol. The van der Waals surface area contributed by atoms with Crippen molar-refractivity contribution in [1.82, 2.24) is 19.9 Å². The van der Waals surface area contributed by atoms with Crippen LogP contribution in [0.4, 0.5) is 0 Å². The molecule has 170 valence electrons. The Balaban J connectivity index is 1.15. The summed E-state index contributed by atoms with van der Waals surface area (Å²) in [6.07, 6.45) is 7.49. The molecule has 1 aromatic carbocycles. The van der Waals surface area contributed by atoms with Crippen molar-refractivity contribution in [2.75, 3.05) is 13.1 Å². The van der Waals surface area contributed by atoms with Gasteiger partial charge in [0.1, 0.15) is 0 Å². The number of hydrogen-bond acceptors (Lipinski definition) is 5. The van der Waals surface area contributed by atoms with E-state index in [0.29, 0.717) is 43.3 Å². The number of fused-ring (bicyclic) bond motifs is 2. The van der Waals surface area contributed by atoms with E-state index < -0.39 is 0 Å². The van der Waals surface area contributed by atoms with Crippen molar-refractivity contribution in [1.29, 1.82) is 0 Å². The second-order valence-electron chi connectivity index (χ2n) is 9.64. The number of amides is 3. The minimum absolute atomic E-state index is 0.247. The number of hydrogen-bond donors (Lipinski definition) is 0. The van der Waals surface area contributed by atoms with Crippen molar-refractivity contribution < 1.29 is 14.4 Å². The quantitative estimate of drug-likeness (QED) is 0.679. The predicted molar refractivity (Wildman–Crippen MR) is 121 cm³/mol. The molecule has 4 heterocycles. The topological polar surface area (TPSA) is 73.8 Å². The Morgan fingerprint density at radius 2 is 1.70 bits per heavy atom. The summed E-state index contributed by atoms with van der Waals surface area (Å²) < 4.78 is 0. The van der Waals surface area contributed by atoms with Crippen LogP contribution in [0.2, 0.25) is 0 Å². The first-order valence-corrected chi connectivity index (χ1v) is 12.1. The number of aryl methyl sites for hydroxylation is 1. The third-order valence-electron chi connectivity index (χ3n) is 7.79. The number of likely N-dealkylation sites (tertiary alicyclic amines) is 1. The first-order valence-electron chi connectivity index (χ1n) is 12.1. The number of aromatic nitrogens is 1. The van der Waals surface area contributed by atoms with E-state index in [1.165, 1.54) is 21.8 Å². The molecule has 2 saturated heterocycles. The zero-order valence-electron chi connectivity index (χ0n) is 18.7. The standard InChI is InChI=1S/C26H28N4O3/c31-24-4-1-5-25(32)30(24)29-16-19-15-18(6-7-20(19)26(29)33)17-10-13-28(14-11-17)23-9-8-22-21(23)3-2-12-27-22/h2-3,6-7,12,15,17,23H,1,4-5,8-11,13-14,16H2. The van der Waals surface area contributed by atoms with Crippen LogP contribution in [-0.4, -0.2) is 50.7 Å². The largest absolute Gasteiger partial charge is 0.296 e. The number of piperidine rings is 2. The Labute approximate surface area is 193 Å². The van der Waals surface area contributed by atoms with Crippen molar-refractivity contribution in [2.24, 2.45) is 0 Å². The van der Waals surface area contributed by atoms with Gasteiger partial charge in [-0.25, -0.2) is 5.01 Å². The minimum atomic E-state index is -0.274. The maximum atomic E-state index is 12.9. The maximum absolute atomic E-state index is 12.9. The number of carbonyl (C=O) groups is 3. The van der Waals surface area contributed by atoms with Gasteiger partial charge in [0.15, 0.2) is 0 Å². The first-order chi connectivity index (χ1) is 16.1. The van der Waals surface area contributed by atoms with Gasteiger partial charge in [-0.05, 0) is 79.9 Å². The fraction of sp³-hybridized carbons (Fsp3) is 0.462. The molecule has 1 atom stereocenters. The third kappa shape index (κ3) is 3.46. The lowest BCUT2D eigenvalue weighted by atomic mass is 9.87. The van der Waals surface area contributed by atoms with Crippen LogP contribution in [0.15, 0.2) is 36.5 Å². The highest BCUT2D eigenvalue weighted by Gasteiger charge is 2.39. The van der Waals surface area contributed by atoms with Gasteiger partial charge >= 0.3 is 0 Å². The van der Waals surface area contributed by atoms with Crippen molar-refractivity contribution >= 4 is 17.7 Å². The smallest absolute Gasteiger partial charge is 0.273 e. The van der Waals surface area contributed by atoms with Gasteiger partial charge in [-0.3, -0.25) is 24.3 Å². The molecule has 1 unspecified atom stereocenters. The molecule has 0 saturated carbocycles. The van der Waals surface area contributed by atoms with Gasteiger partial charge < -0.3 is 0 Å². The highest BCUT2D eigenvalue weighted by Crippen LogP contribution is 2.39. The molecular weight excluding hydrogens is 416 g/mol. The molecule has 2 aromatic rings. The molecule has 2 fully saturated rings. The van der Waals surface area contributed by atoms with Crippen LogP contribution < -0.4 is 0 Å². The van der Waals surface area contributed by atoms with E-state index in [0.717, 1.165) is 49.3 Å². The molecule has 7 heteroatoms. The van der Waals surface area contributed by atoms with Crippen LogP contribution in [-0.2, 0) is 22.6 Å². The third-order valence-corrected chi connectivity index (χ3v) is 7.79. The summed E-state index contributed by atoms with van der Waals surface area (Å²) in [6, 6.07) is 10.8. The van der Waals surface area contributed by atoms with E-state index in [1.54, 1.807) is 0 Å². The van der Waals surface area contributed by atoms with Gasteiger partial charge in [0.2, 0.25) is 11.8 Å². The molecule has 3 amide bonds. The Morgan fingerprint density at radius 1 is 0.909 bits per heavy atom. The summed E-state index contributed by atoms with van der Waals surface area (Å²) in [7, 11) is 0. The van der Waals surface area contributed by atoms with Crippen LogP contribution in [0.25, 0.3) is 0 Å². The molecule has 0 N–H and O–H groups in total. The zero-order chi connectivity index (χ0) is 22.5. The van der Waals surface area contributed by atoms with E-state index in [9.17, 15) is 14.4 Å². The van der Waals surface area contributed by atoms with E-state index in [2.05, 4.69) is 28.1 Å². The Hall–Kier alpha value is -3.06. The second-order valence-corrected chi connectivity index (χ2v) is 9.64. The molecule has 0 spiro atoms. The second kappa shape index (κ2) is 8.06. The normalized spacial score (nSPS) is 23.9. The molecule has 4 aliphatic rings. The number of carbonyl (C=O) groups excluding carboxylic acids is 3. The summed E-state index contributed by atoms with van der Waals surface area (Å²) in [4.78, 5) is 44.7. The molecule has 1 aromatic heterocycles. The SMILES string of the molecule is O=C1c2ccc(C3CCN(C4CCc5ncccc54)CC3)cc2CN1N1C(=O)CCCC1=O. The van der Waals surface area contributed by atoms with Crippen LogP contribution in [0.3, 0.4) is 0 Å². The van der Waals surface area contributed by atoms with E-state index in [-0.39, 0.29) is 17.7 Å². The number of rotatable bonds is 3. The molecular formula is C26H28N4O3. The lowest BCUT2D eigenvalue weighted by Gasteiger charge is -2.36. The fourth-order valence-electron chi connectivity index (χ4n) is 6.07. The monoisotopic (exact) mass is 444 g/mol. The zero-order valence-corrected chi connectivity index (χ0v) is 18.7. The summed E-state index contributed by atoms with van der Waals surface area (Å²) in [6.45, 7) is 2.41. The predicted octanol–water partition coefficient (Wildman–Crippen LogP) is 3.36. The van der Waals surface area contributed by atoms with Crippen LogP contribution in [0.5, 0.6) is 0 Å². The van der Waals surface area contributed by atoms with Crippen molar-refractivity contribution in [3.05, 3.63) is 64.5 Å². The lowest BCUT2D eigenvalue weighted by Crippen LogP contribution is -2.51. The number of imide groups is 1.